The first kappa shape index (κ1) is 33.0. The number of nitrogens with one attached hydrogen (secondary N) is 2. The second kappa shape index (κ2) is 14.7. The van der Waals surface area contributed by atoms with Gasteiger partial charge < -0.3 is 25.2 Å². The number of carbonyl (C=O) groups excluding carboxylic acids is 1. The van der Waals surface area contributed by atoms with Crippen molar-refractivity contribution in [3.05, 3.63) is 113 Å². The van der Waals surface area contributed by atoms with Gasteiger partial charge in [0.1, 0.15) is 5.75 Å². The van der Waals surface area contributed by atoms with E-state index in [0.717, 1.165) is 11.6 Å². The molecular formula is C33H33F3N6O2S. The molecule has 0 bridgehead atoms. The molecule has 4 aromatic rings. The summed E-state index contributed by atoms with van der Waals surface area (Å²) < 4.78 is 43.4. The number of thiocarbonyl (C=S) groups is 1. The molecule has 1 aromatic heterocycles. The minimum absolute atomic E-state index is 0.0343. The maximum absolute atomic E-state index is 13.9. The van der Waals surface area contributed by atoms with Gasteiger partial charge in [0.2, 0.25) is 5.91 Å². The molecule has 0 saturated heterocycles. The van der Waals surface area contributed by atoms with E-state index in [0.29, 0.717) is 23.5 Å². The fraction of sp³-hybridized carbons (Fsp3) is 0.273. The van der Waals surface area contributed by atoms with Crippen molar-refractivity contribution in [2.45, 2.75) is 45.6 Å². The first-order valence-electron chi connectivity index (χ1n) is 14.2. The van der Waals surface area contributed by atoms with Gasteiger partial charge >= 0.3 is 6.18 Å². The second-order valence-corrected chi connectivity index (χ2v) is 11.3. The van der Waals surface area contributed by atoms with Crippen LogP contribution in [0, 0.1) is 17.2 Å². The Hall–Kier alpha value is -4.89. The van der Waals surface area contributed by atoms with E-state index >= 15 is 0 Å². The van der Waals surface area contributed by atoms with Crippen LogP contribution in [0.2, 0.25) is 0 Å². The van der Waals surface area contributed by atoms with Crippen molar-refractivity contribution in [3.63, 3.8) is 0 Å². The van der Waals surface area contributed by atoms with Gasteiger partial charge in [0.15, 0.2) is 5.11 Å². The van der Waals surface area contributed by atoms with Gasteiger partial charge in [-0.1, -0.05) is 44.2 Å². The van der Waals surface area contributed by atoms with E-state index in [1.165, 1.54) is 24.3 Å². The number of hydrogen-bond donors (Lipinski definition) is 3. The van der Waals surface area contributed by atoms with Crippen LogP contribution in [0.1, 0.15) is 41.8 Å². The van der Waals surface area contributed by atoms with Gasteiger partial charge in [-0.2, -0.15) is 18.4 Å². The number of alkyl halides is 3. The summed E-state index contributed by atoms with van der Waals surface area (Å²) in [4.78, 5) is 19.1. The van der Waals surface area contributed by atoms with Crippen molar-refractivity contribution in [2.24, 2.45) is 5.92 Å². The molecule has 12 heteroatoms. The Morgan fingerprint density at radius 3 is 2.42 bits per heavy atom. The lowest BCUT2D eigenvalue weighted by Crippen LogP contribution is -2.49. The molecule has 8 nitrogen and oxygen atoms in total. The number of carbonyl (C=O) groups is 1. The normalized spacial score (nSPS) is 11.9. The van der Waals surface area contributed by atoms with Crippen LogP contribution >= 0.6 is 12.2 Å². The summed E-state index contributed by atoms with van der Waals surface area (Å²) in [6.07, 6.45) is -1.27. The molecule has 0 spiro atoms. The van der Waals surface area contributed by atoms with Gasteiger partial charge in [0, 0.05) is 43.3 Å². The highest BCUT2D eigenvalue weighted by molar-refractivity contribution is 7.80. The van der Waals surface area contributed by atoms with E-state index in [4.69, 9.17) is 17.5 Å². The number of amides is 1. The number of nitrogens with zero attached hydrogens (tertiary/aromatic N) is 4. The molecule has 0 aliphatic rings. The number of phenols is 1. The minimum Gasteiger partial charge on any atom is -0.508 e. The zero-order valence-corrected chi connectivity index (χ0v) is 25.6. The fourth-order valence-corrected chi connectivity index (χ4v) is 4.97. The van der Waals surface area contributed by atoms with Crippen molar-refractivity contribution in [1.82, 2.24) is 19.8 Å². The number of phenolic OH excluding ortho intramolecular Hbond substituents is 1. The van der Waals surface area contributed by atoms with Crippen LogP contribution in [-0.4, -0.2) is 43.2 Å². The van der Waals surface area contributed by atoms with Crippen LogP contribution in [0.3, 0.4) is 0 Å². The number of anilines is 1. The van der Waals surface area contributed by atoms with Crippen LogP contribution in [-0.2, 0) is 30.5 Å². The SMILES string of the molecule is CC(C)[C@@H](CN(Cc1ccccc1C(F)(F)F)C(=S)Nc1ccc(O)cc1)NC(=O)Cc1cncn1Cc1ccc(C#N)cc1. The molecule has 0 aliphatic heterocycles. The second-order valence-electron chi connectivity index (χ2n) is 10.9. The van der Waals surface area contributed by atoms with Crippen LogP contribution in [0.5, 0.6) is 5.75 Å². The molecular weight excluding hydrogens is 601 g/mol. The van der Waals surface area contributed by atoms with Crippen molar-refractivity contribution in [3.8, 4) is 11.8 Å². The molecule has 4 rings (SSSR count). The van der Waals surface area contributed by atoms with Gasteiger partial charge in [0.25, 0.3) is 0 Å². The molecule has 3 N–H and O–H groups in total. The molecule has 0 unspecified atom stereocenters. The van der Waals surface area contributed by atoms with Gasteiger partial charge in [-0.15, -0.1) is 0 Å². The van der Waals surface area contributed by atoms with Crippen LogP contribution in [0.15, 0.2) is 85.3 Å². The van der Waals surface area contributed by atoms with Crippen LogP contribution < -0.4 is 10.6 Å². The smallest absolute Gasteiger partial charge is 0.416 e. The van der Waals surface area contributed by atoms with Gasteiger partial charge in [-0.05, 0) is 71.7 Å². The third-order valence-corrected chi connectivity index (χ3v) is 7.59. The summed E-state index contributed by atoms with van der Waals surface area (Å²) in [5, 5.41) is 24.9. The summed E-state index contributed by atoms with van der Waals surface area (Å²) in [5.41, 5.74) is 2.01. The predicted octanol–water partition coefficient (Wildman–Crippen LogP) is 6.11. The third kappa shape index (κ3) is 9.30. The number of hydrogen-bond acceptors (Lipinski definition) is 5. The van der Waals surface area contributed by atoms with Gasteiger partial charge in [0.05, 0.1) is 29.9 Å². The Morgan fingerprint density at radius 2 is 1.78 bits per heavy atom. The lowest BCUT2D eigenvalue weighted by Gasteiger charge is -2.33. The summed E-state index contributed by atoms with van der Waals surface area (Å²) in [6.45, 7) is 4.27. The molecule has 1 amide bonds. The number of rotatable bonds is 11. The maximum Gasteiger partial charge on any atom is 0.416 e. The minimum atomic E-state index is -4.55. The molecule has 234 valence electrons. The van der Waals surface area contributed by atoms with E-state index in [2.05, 4.69) is 21.7 Å². The Bertz CT molecular complexity index is 1650. The summed E-state index contributed by atoms with van der Waals surface area (Å²) in [6, 6.07) is 20.2. The van der Waals surface area contributed by atoms with Crippen molar-refractivity contribution >= 4 is 28.9 Å². The molecule has 0 saturated carbocycles. The highest BCUT2D eigenvalue weighted by Crippen LogP contribution is 2.32. The summed E-state index contributed by atoms with van der Waals surface area (Å²) in [7, 11) is 0. The maximum atomic E-state index is 13.9. The first-order valence-corrected chi connectivity index (χ1v) is 14.6. The van der Waals surface area contributed by atoms with Crippen LogP contribution in [0.25, 0.3) is 0 Å². The Labute approximate surface area is 265 Å². The first-order chi connectivity index (χ1) is 21.4. The predicted molar refractivity (Wildman–Crippen MR) is 169 cm³/mol. The van der Waals surface area contributed by atoms with E-state index in [-0.39, 0.29) is 47.8 Å². The van der Waals surface area contributed by atoms with Crippen molar-refractivity contribution in [2.75, 3.05) is 11.9 Å². The Balaban J connectivity index is 1.51. The van der Waals surface area contributed by atoms with E-state index < -0.39 is 17.8 Å². The zero-order chi connectivity index (χ0) is 32.6. The van der Waals surface area contributed by atoms with E-state index in [1.54, 1.807) is 47.8 Å². The molecule has 1 heterocycles. The van der Waals surface area contributed by atoms with Gasteiger partial charge in [-0.3, -0.25) is 4.79 Å². The standard InChI is InChI=1S/C33H33F3N6O2S/c1-22(2)30(40-31(44)15-27-17-38-21-42(27)18-24-9-7-23(16-37)8-10-24)20-41(32(45)39-26-11-13-28(43)14-12-26)19-25-5-3-4-6-29(25)33(34,35)36/h3-14,17,21-22,30,43H,15,18-20H2,1-2H3,(H,39,45)(H,40,44)/t30-/m1/s1. The summed E-state index contributed by atoms with van der Waals surface area (Å²) in [5.74, 6) is -0.305. The number of benzene rings is 3. The van der Waals surface area contributed by atoms with E-state index in [9.17, 15) is 23.1 Å². The zero-order valence-electron chi connectivity index (χ0n) is 24.8. The average molecular weight is 635 g/mol. The van der Waals surface area contributed by atoms with Crippen LogP contribution in [0.4, 0.5) is 18.9 Å². The highest BCUT2D eigenvalue weighted by Gasteiger charge is 2.34. The average Bonchev–Trinajstić information content (AvgIpc) is 3.43. The molecule has 0 fully saturated rings. The van der Waals surface area contributed by atoms with Crippen molar-refractivity contribution in [1.29, 1.82) is 5.26 Å². The monoisotopic (exact) mass is 634 g/mol. The number of halogens is 3. The Kier molecular flexibility index (Phi) is 10.8. The summed E-state index contributed by atoms with van der Waals surface area (Å²) >= 11 is 5.66. The number of aromatic hydroxyl groups is 1. The lowest BCUT2D eigenvalue weighted by atomic mass is 10.0. The van der Waals surface area contributed by atoms with Gasteiger partial charge in [-0.25, -0.2) is 4.98 Å². The highest BCUT2D eigenvalue weighted by atomic mass is 32.1. The van der Waals surface area contributed by atoms with E-state index in [1.807, 2.05) is 30.5 Å². The Morgan fingerprint density at radius 1 is 1.09 bits per heavy atom. The lowest BCUT2D eigenvalue weighted by molar-refractivity contribution is -0.138. The van der Waals surface area contributed by atoms with Crippen molar-refractivity contribution < 1.29 is 23.1 Å². The number of imidazole rings is 1. The largest absolute Gasteiger partial charge is 0.508 e. The quantitative estimate of drug-likeness (QED) is 0.135. The number of aromatic nitrogens is 2. The molecule has 3 aromatic carbocycles. The molecule has 0 radical (unpaired) electrons. The fourth-order valence-electron chi connectivity index (χ4n) is 4.71. The topological polar surface area (TPSA) is 106 Å². The molecule has 45 heavy (non-hydrogen) atoms. The molecule has 0 aliphatic carbocycles. The third-order valence-electron chi connectivity index (χ3n) is 7.23. The molecule has 1 atom stereocenters. The number of nitriles is 1.